The fourth-order valence-electron chi connectivity index (χ4n) is 4.07. The zero-order valence-corrected chi connectivity index (χ0v) is 21.8. The van der Waals surface area contributed by atoms with Crippen molar-refractivity contribution in [1.29, 1.82) is 0 Å². The molecule has 0 aromatic heterocycles. The molecule has 0 unspecified atom stereocenters. The summed E-state index contributed by atoms with van der Waals surface area (Å²) in [5.74, 6) is 1.48. The molecule has 1 atom stereocenters. The molecule has 0 saturated carbocycles. The number of methoxy groups -OCH3 is 3. The number of hydrogen-bond donors (Lipinski definition) is 1. The molecule has 2 aromatic carbocycles. The lowest BCUT2D eigenvalue weighted by Gasteiger charge is -2.21. The van der Waals surface area contributed by atoms with Gasteiger partial charge >= 0.3 is 6.09 Å². The highest BCUT2D eigenvalue weighted by atomic mass is 79.9. The Kier molecular flexibility index (Phi) is 8.53. The first kappa shape index (κ1) is 25.2. The highest BCUT2D eigenvalue weighted by Gasteiger charge is 2.32. The van der Waals surface area contributed by atoms with Gasteiger partial charge < -0.3 is 24.3 Å². The number of hydrogen-bond acceptors (Lipinski definition) is 7. The summed E-state index contributed by atoms with van der Waals surface area (Å²) in [4.78, 5) is 26.0. The van der Waals surface area contributed by atoms with Gasteiger partial charge in [0.05, 0.1) is 43.3 Å². The van der Waals surface area contributed by atoms with Gasteiger partial charge in [-0.3, -0.25) is 4.79 Å². The summed E-state index contributed by atoms with van der Waals surface area (Å²) in [5, 5.41) is 2.95. The highest BCUT2D eigenvalue weighted by Crippen LogP contribution is 2.54. The number of carbonyl (C=O) groups excluding carboxylic acids is 1. The van der Waals surface area contributed by atoms with Crippen LogP contribution in [0, 0.1) is 0 Å². The van der Waals surface area contributed by atoms with Crippen molar-refractivity contribution in [3.63, 3.8) is 0 Å². The summed E-state index contributed by atoms with van der Waals surface area (Å²) in [7, 11) is 4.70. The van der Waals surface area contributed by atoms with E-state index in [9.17, 15) is 9.59 Å². The third kappa shape index (κ3) is 4.94. The number of fused-ring (bicyclic) bond motifs is 3. The number of alkyl carbamates (subject to hydrolysis) is 1. The van der Waals surface area contributed by atoms with Gasteiger partial charge in [-0.25, -0.2) is 4.79 Å². The van der Waals surface area contributed by atoms with Crippen LogP contribution in [0.3, 0.4) is 0 Å². The minimum Gasteiger partial charge on any atom is -0.492 e. The molecule has 0 saturated heterocycles. The number of halogens is 1. The van der Waals surface area contributed by atoms with Crippen molar-refractivity contribution in [3.8, 4) is 28.4 Å². The maximum Gasteiger partial charge on any atom is 0.407 e. The molecule has 1 amide bonds. The van der Waals surface area contributed by atoms with E-state index < -0.39 is 12.1 Å². The minimum absolute atomic E-state index is 0.112. The molecular formula is C24H28BrNO6S. The number of carbonyl (C=O) groups is 1. The highest BCUT2D eigenvalue weighted by molar-refractivity contribution is 9.10. The predicted molar refractivity (Wildman–Crippen MR) is 133 cm³/mol. The lowest BCUT2D eigenvalue weighted by Crippen LogP contribution is -2.30. The Hall–Kier alpha value is -2.39. The molecule has 7 nitrogen and oxygen atoms in total. The van der Waals surface area contributed by atoms with E-state index in [1.165, 1.54) is 11.8 Å². The second-order valence-electron chi connectivity index (χ2n) is 7.42. The van der Waals surface area contributed by atoms with Crippen LogP contribution in [0.2, 0.25) is 0 Å². The molecule has 0 bridgehead atoms. The summed E-state index contributed by atoms with van der Waals surface area (Å²) in [6, 6.07) is 4.88. The average molecular weight is 538 g/mol. The Morgan fingerprint density at radius 3 is 2.45 bits per heavy atom. The lowest BCUT2D eigenvalue weighted by atomic mass is 9.95. The van der Waals surface area contributed by atoms with Crippen LogP contribution in [0.4, 0.5) is 4.79 Å². The molecule has 3 rings (SSSR count). The average Bonchev–Trinajstić information content (AvgIpc) is 3.06. The Bertz CT molecular complexity index is 1110. The molecular weight excluding hydrogens is 510 g/mol. The van der Waals surface area contributed by atoms with Crippen LogP contribution in [0.15, 0.2) is 32.4 Å². The number of nitrogens with one attached hydrogen (secondary N) is 1. The van der Waals surface area contributed by atoms with Crippen LogP contribution in [0.25, 0.3) is 11.1 Å². The first-order chi connectivity index (χ1) is 15.9. The monoisotopic (exact) mass is 537 g/mol. The normalized spacial score (nSPS) is 14.4. The van der Waals surface area contributed by atoms with Gasteiger partial charge in [0.1, 0.15) is 0 Å². The van der Waals surface area contributed by atoms with Crippen LogP contribution in [-0.4, -0.2) is 40.3 Å². The van der Waals surface area contributed by atoms with E-state index in [1.807, 2.05) is 19.2 Å². The molecule has 9 heteroatoms. The predicted octanol–water partition coefficient (Wildman–Crippen LogP) is 5.35. The summed E-state index contributed by atoms with van der Waals surface area (Å²) in [6.45, 7) is 2.26. The van der Waals surface area contributed by atoms with Gasteiger partial charge in [0.2, 0.25) is 5.75 Å². The van der Waals surface area contributed by atoms with Crippen molar-refractivity contribution < 1.29 is 23.7 Å². The summed E-state index contributed by atoms with van der Waals surface area (Å²) in [6.07, 6.45) is 3.22. The second kappa shape index (κ2) is 11.2. The Balaban J connectivity index is 2.34. The molecule has 0 aliphatic heterocycles. The van der Waals surface area contributed by atoms with Crippen LogP contribution in [0.1, 0.15) is 36.9 Å². The van der Waals surface area contributed by atoms with Crippen LogP contribution in [-0.2, 0) is 11.2 Å². The van der Waals surface area contributed by atoms with Crippen molar-refractivity contribution in [2.24, 2.45) is 0 Å². The standard InChI is InChI=1S/C24H28BrNO6S/c1-6-11-32-24(28)26-16-9-7-14-19(13-8-10-18(33-5)17(27)12-15(13)16)21(29-2)23(31-4)22(30-3)20(14)25/h8,10,12,16H,6-7,9,11H2,1-5H3,(H,26,28)/t16-/m0/s1. The van der Waals surface area contributed by atoms with Gasteiger partial charge in [0.25, 0.3) is 0 Å². The van der Waals surface area contributed by atoms with Crippen molar-refractivity contribution in [1.82, 2.24) is 5.32 Å². The van der Waals surface area contributed by atoms with Gasteiger partial charge in [-0.1, -0.05) is 13.0 Å². The van der Waals surface area contributed by atoms with Crippen molar-refractivity contribution >= 4 is 33.8 Å². The second-order valence-corrected chi connectivity index (χ2v) is 9.06. The smallest absolute Gasteiger partial charge is 0.407 e. The Morgan fingerprint density at radius 2 is 1.85 bits per heavy atom. The molecule has 2 aromatic rings. The van der Waals surface area contributed by atoms with E-state index in [4.69, 9.17) is 18.9 Å². The number of benzene rings is 1. The van der Waals surface area contributed by atoms with Gasteiger partial charge in [0.15, 0.2) is 16.9 Å². The van der Waals surface area contributed by atoms with Crippen molar-refractivity contribution in [2.75, 3.05) is 34.2 Å². The van der Waals surface area contributed by atoms with Gasteiger partial charge in [-0.15, -0.1) is 11.8 Å². The van der Waals surface area contributed by atoms with E-state index in [0.29, 0.717) is 47.2 Å². The molecule has 1 aliphatic rings. The third-order valence-electron chi connectivity index (χ3n) is 5.54. The lowest BCUT2D eigenvalue weighted by molar-refractivity contribution is 0.141. The van der Waals surface area contributed by atoms with Gasteiger partial charge in [-0.2, -0.15) is 0 Å². The van der Waals surface area contributed by atoms with Crippen LogP contribution in [0.5, 0.6) is 17.2 Å². The first-order valence-electron chi connectivity index (χ1n) is 10.6. The SMILES string of the molecule is CCCOC(=O)N[C@H]1CCc2c(Br)c(OC)c(OC)c(OC)c2-c2ccc(SC)c(=O)cc21. The molecule has 0 fully saturated rings. The zero-order chi connectivity index (χ0) is 24.1. The largest absolute Gasteiger partial charge is 0.492 e. The van der Waals surface area contributed by atoms with Gasteiger partial charge in [0, 0.05) is 5.56 Å². The minimum atomic E-state index is -0.510. The van der Waals surface area contributed by atoms with E-state index in [1.54, 1.807) is 33.5 Å². The zero-order valence-electron chi connectivity index (χ0n) is 19.4. The van der Waals surface area contributed by atoms with Crippen LogP contribution >= 0.6 is 27.7 Å². The maximum absolute atomic E-state index is 12.9. The number of thioether (sulfide) groups is 1. The fourth-order valence-corrected chi connectivity index (χ4v) is 5.27. The number of ether oxygens (including phenoxy) is 4. The topological polar surface area (TPSA) is 83.1 Å². The molecule has 1 aliphatic carbocycles. The van der Waals surface area contributed by atoms with E-state index in [2.05, 4.69) is 21.2 Å². The first-order valence-corrected chi connectivity index (χ1v) is 12.6. The maximum atomic E-state index is 12.9. The fraction of sp³-hybridized carbons (Fsp3) is 0.417. The number of amides is 1. The van der Waals surface area contributed by atoms with Crippen molar-refractivity contribution in [2.45, 2.75) is 37.1 Å². The van der Waals surface area contributed by atoms with E-state index >= 15 is 0 Å². The molecule has 178 valence electrons. The summed E-state index contributed by atoms with van der Waals surface area (Å²) in [5.41, 5.74) is 3.11. The molecule has 1 N–H and O–H groups in total. The van der Waals surface area contributed by atoms with Crippen LogP contribution < -0.4 is 25.0 Å². The Labute approximate surface area is 206 Å². The van der Waals surface area contributed by atoms with E-state index in [-0.39, 0.29) is 5.43 Å². The molecule has 0 radical (unpaired) electrons. The molecule has 0 spiro atoms. The quantitative estimate of drug-likeness (QED) is 0.476. The van der Waals surface area contributed by atoms with Gasteiger partial charge in [-0.05, 0) is 70.3 Å². The Morgan fingerprint density at radius 1 is 1.15 bits per heavy atom. The third-order valence-corrected chi connectivity index (χ3v) is 7.15. The summed E-state index contributed by atoms with van der Waals surface area (Å²) < 4.78 is 23.1. The summed E-state index contributed by atoms with van der Waals surface area (Å²) >= 11 is 5.07. The molecule has 0 heterocycles. The van der Waals surface area contributed by atoms with E-state index in [0.717, 1.165) is 27.6 Å². The molecule has 33 heavy (non-hydrogen) atoms. The van der Waals surface area contributed by atoms with Crippen molar-refractivity contribution in [3.05, 3.63) is 44.0 Å². The number of rotatable bonds is 7.